The van der Waals surface area contributed by atoms with Gasteiger partial charge in [0.05, 0.1) is 21.3 Å². The van der Waals surface area contributed by atoms with E-state index in [1.54, 1.807) is 32.7 Å². The highest BCUT2D eigenvalue weighted by atomic mass is 32.1. The van der Waals surface area contributed by atoms with Gasteiger partial charge in [0.1, 0.15) is 0 Å². The number of nitrogens with zero attached hydrogens (tertiary/aromatic N) is 3. The Morgan fingerprint density at radius 2 is 1.77 bits per heavy atom. The van der Waals surface area contributed by atoms with E-state index in [1.807, 2.05) is 19.2 Å². The first kappa shape index (κ1) is 23.2. The van der Waals surface area contributed by atoms with Crippen molar-refractivity contribution in [1.82, 2.24) is 15.1 Å². The van der Waals surface area contributed by atoms with Crippen molar-refractivity contribution >= 4 is 17.3 Å². The first-order valence-electron chi connectivity index (χ1n) is 10.6. The molecule has 8 heteroatoms. The van der Waals surface area contributed by atoms with Crippen LogP contribution in [0.2, 0.25) is 0 Å². The summed E-state index contributed by atoms with van der Waals surface area (Å²) in [5.74, 6) is 3.46. The number of guanidine groups is 1. The number of methoxy groups -OCH3 is 3. The third-order valence-electron chi connectivity index (χ3n) is 5.69. The van der Waals surface area contributed by atoms with Gasteiger partial charge in [0.25, 0.3) is 0 Å². The van der Waals surface area contributed by atoms with Crippen LogP contribution in [-0.2, 0) is 6.54 Å². The second kappa shape index (κ2) is 11.2. The molecule has 0 spiro atoms. The Bertz CT molecular complexity index is 824. The van der Waals surface area contributed by atoms with E-state index in [9.17, 15) is 0 Å². The SMILES string of the molecule is CN=C(NCC(C)c1ccsc1)N1CCN(Cc2cc(OC)c(OC)c(OC)c2)CC1. The van der Waals surface area contributed by atoms with E-state index in [0.717, 1.165) is 50.8 Å². The van der Waals surface area contributed by atoms with Crippen LogP contribution in [0, 0.1) is 0 Å². The summed E-state index contributed by atoms with van der Waals surface area (Å²) in [7, 11) is 6.79. The van der Waals surface area contributed by atoms with Gasteiger partial charge in [0, 0.05) is 46.3 Å². The highest BCUT2D eigenvalue weighted by molar-refractivity contribution is 7.07. The zero-order chi connectivity index (χ0) is 22.2. The molecular weight excluding hydrogens is 412 g/mol. The Hall–Kier alpha value is -2.45. The molecule has 0 bridgehead atoms. The largest absolute Gasteiger partial charge is 0.493 e. The molecule has 1 unspecified atom stereocenters. The number of piperazine rings is 1. The van der Waals surface area contributed by atoms with Gasteiger partial charge in [-0.3, -0.25) is 9.89 Å². The molecule has 1 N–H and O–H groups in total. The van der Waals surface area contributed by atoms with Crippen LogP contribution in [0.25, 0.3) is 0 Å². The molecule has 1 atom stereocenters. The summed E-state index contributed by atoms with van der Waals surface area (Å²) in [4.78, 5) is 9.29. The van der Waals surface area contributed by atoms with Crippen molar-refractivity contribution in [2.45, 2.75) is 19.4 Å². The predicted octanol–water partition coefficient (Wildman–Crippen LogP) is 3.27. The predicted molar refractivity (Wildman–Crippen MR) is 127 cm³/mol. The number of hydrogen-bond donors (Lipinski definition) is 1. The number of rotatable bonds is 8. The van der Waals surface area contributed by atoms with E-state index in [2.05, 4.69) is 43.9 Å². The minimum Gasteiger partial charge on any atom is -0.493 e. The maximum absolute atomic E-state index is 5.49. The molecule has 1 fully saturated rings. The number of thiophene rings is 1. The maximum atomic E-state index is 5.49. The van der Waals surface area contributed by atoms with Crippen molar-refractivity contribution < 1.29 is 14.2 Å². The van der Waals surface area contributed by atoms with E-state index >= 15 is 0 Å². The topological polar surface area (TPSA) is 58.6 Å². The normalized spacial score (nSPS) is 16.2. The average Bonchev–Trinajstić information content (AvgIpc) is 3.34. The lowest BCUT2D eigenvalue weighted by Crippen LogP contribution is -2.52. The van der Waals surface area contributed by atoms with Crippen molar-refractivity contribution in [2.24, 2.45) is 4.99 Å². The number of aliphatic imine (C=N–C) groups is 1. The van der Waals surface area contributed by atoms with Crippen LogP contribution in [-0.4, -0.2) is 76.9 Å². The minimum absolute atomic E-state index is 0.462. The average molecular weight is 447 g/mol. The fraction of sp³-hybridized carbons (Fsp3) is 0.522. The summed E-state index contributed by atoms with van der Waals surface area (Å²) in [5.41, 5.74) is 2.53. The Labute approximate surface area is 189 Å². The maximum Gasteiger partial charge on any atom is 0.203 e. The van der Waals surface area contributed by atoms with Crippen molar-refractivity contribution in [3.05, 3.63) is 40.1 Å². The highest BCUT2D eigenvalue weighted by Gasteiger charge is 2.21. The van der Waals surface area contributed by atoms with E-state index in [-0.39, 0.29) is 0 Å². The molecule has 1 aliphatic heterocycles. The molecular formula is C23H34N4O3S. The Morgan fingerprint density at radius 3 is 2.29 bits per heavy atom. The monoisotopic (exact) mass is 446 g/mol. The van der Waals surface area contributed by atoms with Crippen LogP contribution in [0.15, 0.2) is 34.0 Å². The molecule has 0 amide bonds. The Balaban J connectivity index is 1.54. The van der Waals surface area contributed by atoms with E-state index < -0.39 is 0 Å². The zero-order valence-electron chi connectivity index (χ0n) is 19.2. The number of nitrogens with one attached hydrogen (secondary N) is 1. The van der Waals surface area contributed by atoms with Gasteiger partial charge in [0.15, 0.2) is 17.5 Å². The van der Waals surface area contributed by atoms with Crippen LogP contribution in [0.1, 0.15) is 24.0 Å². The molecule has 0 saturated carbocycles. The van der Waals surface area contributed by atoms with E-state index in [4.69, 9.17) is 14.2 Å². The molecule has 1 aliphatic rings. The number of ether oxygens (including phenoxy) is 3. The second-order valence-corrected chi connectivity index (χ2v) is 8.46. The fourth-order valence-corrected chi connectivity index (χ4v) is 4.63. The van der Waals surface area contributed by atoms with Crippen LogP contribution in [0.5, 0.6) is 17.2 Å². The van der Waals surface area contributed by atoms with E-state index in [1.165, 1.54) is 5.56 Å². The lowest BCUT2D eigenvalue weighted by molar-refractivity contribution is 0.172. The third-order valence-corrected chi connectivity index (χ3v) is 6.39. The second-order valence-electron chi connectivity index (χ2n) is 7.68. The van der Waals surface area contributed by atoms with Gasteiger partial charge in [0.2, 0.25) is 5.75 Å². The van der Waals surface area contributed by atoms with Gasteiger partial charge < -0.3 is 24.4 Å². The standard InChI is InChI=1S/C23H34N4O3S/c1-17(19-6-11-31-16-19)14-25-23(24-2)27-9-7-26(8-10-27)15-18-12-20(28-3)22(30-5)21(13-18)29-4/h6,11-13,16-17H,7-10,14-15H2,1-5H3,(H,24,25). The Morgan fingerprint density at radius 1 is 1.10 bits per heavy atom. The molecule has 31 heavy (non-hydrogen) atoms. The molecule has 2 aromatic rings. The fourth-order valence-electron chi connectivity index (χ4n) is 3.85. The third kappa shape index (κ3) is 5.83. The molecule has 0 aliphatic carbocycles. The van der Waals surface area contributed by atoms with Gasteiger partial charge in [-0.15, -0.1) is 0 Å². The molecule has 1 aromatic heterocycles. The lowest BCUT2D eigenvalue weighted by atomic mass is 10.1. The lowest BCUT2D eigenvalue weighted by Gasteiger charge is -2.36. The summed E-state index contributed by atoms with van der Waals surface area (Å²) in [6.45, 7) is 7.79. The molecule has 1 saturated heterocycles. The first-order valence-corrected chi connectivity index (χ1v) is 11.5. The molecule has 2 heterocycles. The summed E-state index contributed by atoms with van der Waals surface area (Å²) in [6.07, 6.45) is 0. The summed E-state index contributed by atoms with van der Waals surface area (Å²) in [6, 6.07) is 6.25. The molecule has 7 nitrogen and oxygen atoms in total. The zero-order valence-corrected chi connectivity index (χ0v) is 20.0. The van der Waals surface area contributed by atoms with Crippen molar-refractivity contribution in [2.75, 3.05) is 61.1 Å². The number of hydrogen-bond acceptors (Lipinski definition) is 6. The van der Waals surface area contributed by atoms with Crippen molar-refractivity contribution in [1.29, 1.82) is 0 Å². The van der Waals surface area contributed by atoms with Crippen LogP contribution >= 0.6 is 11.3 Å². The van der Waals surface area contributed by atoms with Gasteiger partial charge in [-0.1, -0.05) is 6.92 Å². The van der Waals surface area contributed by atoms with Crippen molar-refractivity contribution in [3.63, 3.8) is 0 Å². The van der Waals surface area contributed by atoms with Crippen molar-refractivity contribution in [3.8, 4) is 17.2 Å². The highest BCUT2D eigenvalue weighted by Crippen LogP contribution is 2.38. The van der Waals surface area contributed by atoms with Crippen LogP contribution in [0.3, 0.4) is 0 Å². The quantitative estimate of drug-likeness (QED) is 0.496. The van der Waals surface area contributed by atoms with Crippen LogP contribution < -0.4 is 19.5 Å². The molecule has 3 rings (SSSR count). The molecule has 170 valence electrons. The Kier molecular flexibility index (Phi) is 8.43. The molecule has 0 radical (unpaired) electrons. The van der Waals surface area contributed by atoms with Gasteiger partial charge >= 0.3 is 0 Å². The minimum atomic E-state index is 0.462. The molecule has 1 aromatic carbocycles. The van der Waals surface area contributed by atoms with Gasteiger partial charge in [-0.2, -0.15) is 11.3 Å². The first-order chi connectivity index (χ1) is 15.1. The summed E-state index contributed by atoms with van der Waals surface area (Å²) in [5, 5.41) is 7.90. The van der Waals surface area contributed by atoms with Crippen LogP contribution in [0.4, 0.5) is 0 Å². The van der Waals surface area contributed by atoms with E-state index in [0.29, 0.717) is 23.2 Å². The smallest absolute Gasteiger partial charge is 0.203 e. The van der Waals surface area contributed by atoms with Gasteiger partial charge in [-0.25, -0.2) is 0 Å². The summed E-state index contributed by atoms with van der Waals surface area (Å²) < 4.78 is 16.4. The summed E-state index contributed by atoms with van der Waals surface area (Å²) >= 11 is 1.75. The van der Waals surface area contributed by atoms with Gasteiger partial charge in [-0.05, 0) is 46.0 Å². The number of benzene rings is 1.